The molecule has 0 spiro atoms. The van der Waals surface area contributed by atoms with Gasteiger partial charge in [-0.25, -0.2) is 0 Å². The maximum Gasteiger partial charge on any atom is 0.0303 e. The summed E-state index contributed by atoms with van der Waals surface area (Å²) in [5, 5.41) is 7.13. The van der Waals surface area contributed by atoms with Crippen molar-refractivity contribution in [2.24, 2.45) is 0 Å². The van der Waals surface area contributed by atoms with Crippen LogP contribution in [0.1, 0.15) is 33.6 Å². The number of piperazine rings is 1. The first-order valence-corrected chi connectivity index (χ1v) is 4.71. The standard InChI is InChI=1S/C9H20N2/c1-4-9(5-2)7-10-6-8(3)11-9/h8,10-11H,4-7H2,1-3H3. The lowest BCUT2D eigenvalue weighted by Gasteiger charge is -2.41. The highest BCUT2D eigenvalue weighted by Gasteiger charge is 2.30. The molecule has 0 aromatic heterocycles. The second-order valence-electron chi connectivity index (χ2n) is 3.66. The molecule has 1 saturated heterocycles. The van der Waals surface area contributed by atoms with Crippen LogP contribution >= 0.6 is 0 Å². The number of hydrogen-bond donors (Lipinski definition) is 2. The summed E-state index contributed by atoms with van der Waals surface area (Å²) in [4.78, 5) is 0. The molecule has 1 heterocycles. The van der Waals surface area contributed by atoms with Gasteiger partial charge in [-0.15, -0.1) is 0 Å². The zero-order valence-corrected chi connectivity index (χ0v) is 7.91. The smallest absolute Gasteiger partial charge is 0.0303 e. The molecule has 0 aliphatic carbocycles. The number of hydrogen-bond acceptors (Lipinski definition) is 2. The molecule has 1 rings (SSSR count). The van der Waals surface area contributed by atoms with E-state index in [9.17, 15) is 0 Å². The van der Waals surface area contributed by atoms with Gasteiger partial charge < -0.3 is 10.6 Å². The third-order valence-corrected chi connectivity index (χ3v) is 2.82. The lowest BCUT2D eigenvalue weighted by atomic mass is 9.90. The first-order chi connectivity index (χ1) is 5.22. The summed E-state index contributed by atoms with van der Waals surface area (Å²) in [6.45, 7) is 9.00. The molecule has 0 aromatic rings. The van der Waals surface area contributed by atoms with Crippen molar-refractivity contribution in [3.8, 4) is 0 Å². The molecule has 1 aliphatic rings. The van der Waals surface area contributed by atoms with Crippen molar-refractivity contribution in [1.29, 1.82) is 0 Å². The van der Waals surface area contributed by atoms with Crippen molar-refractivity contribution < 1.29 is 0 Å². The van der Waals surface area contributed by atoms with Crippen molar-refractivity contribution in [1.82, 2.24) is 10.6 Å². The Morgan fingerprint density at radius 3 is 2.36 bits per heavy atom. The molecule has 2 N–H and O–H groups in total. The normalized spacial score (nSPS) is 30.3. The highest BCUT2D eigenvalue weighted by molar-refractivity contribution is 4.94. The molecule has 1 aliphatic heterocycles. The maximum absolute atomic E-state index is 3.67. The topological polar surface area (TPSA) is 24.1 Å². The summed E-state index contributed by atoms with van der Waals surface area (Å²) in [5.41, 5.74) is 0.373. The van der Waals surface area contributed by atoms with Gasteiger partial charge in [0.25, 0.3) is 0 Å². The summed E-state index contributed by atoms with van der Waals surface area (Å²) in [6.07, 6.45) is 2.45. The SMILES string of the molecule is CCC1(CC)CNCC(C)N1. The molecule has 66 valence electrons. The Hall–Kier alpha value is -0.0800. The van der Waals surface area contributed by atoms with Crippen LogP contribution in [-0.4, -0.2) is 24.7 Å². The van der Waals surface area contributed by atoms with Crippen LogP contribution in [0.25, 0.3) is 0 Å². The average molecular weight is 156 g/mol. The summed E-state index contributed by atoms with van der Waals surface area (Å²) in [7, 11) is 0. The van der Waals surface area contributed by atoms with Gasteiger partial charge in [0.1, 0.15) is 0 Å². The monoisotopic (exact) mass is 156 g/mol. The van der Waals surface area contributed by atoms with Gasteiger partial charge in [-0.2, -0.15) is 0 Å². The fourth-order valence-electron chi connectivity index (χ4n) is 1.86. The molecule has 1 atom stereocenters. The summed E-state index contributed by atoms with van der Waals surface area (Å²) < 4.78 is 0. The predicted octanol–water partition coefficient (Wildman–Crippen LogP) is 1.13. The lowest BCUT2D eigenvalue weighted by Crippen LogP contribution is -2.62. The van der Waals surface area contributed by atoms with Crippen molar-refractivity contribution in [2.75, 3.05) is 13.1 Å². The van der Waals surface area contributed by atoms with Crippen LogP contribution in [0.2, 0.25) is 0 Å². The van der Waals surface area contributed by atoms with E-state index >= 15 is 0 Å². The van der Waals surface area contributed by atoms with E-state index < -0.39 is 0 Å². The second-order valence-corrected chi connectivity index (χ2v) is 3.66. The highest BCUT2D eigenvalue weighted by atomic mass is 15.1. The Balaban J connectivity index is 2.52. The summed E-state index contributed by atoms with van der Waals surface area (Å²) >= 11 is 0. The number of nitrogens with one attached hydrogen (secondary N) is 2. The number of rotatable bonds is 2. The van der Waals surface area contributed by atoms with E-state index in [4.69, 9.17) is 0 Å². The van der Waals surface area contributed by atoms with Gasteiger partial charge in [-0.1, -0.05) is 13.8 Å². The second kappa shape index (κ2) is 3.55. The molecule has 0 amide bonds. The van der Waals surface area contributed by atoms with E-state index in [0.29, 0.717) is 11.6 Å². The molecular formula is C9H20N2. The minimum absolute atomic E-state index is 0.373. The molecule has 2 nitrogen and oxygen atoms in total. The van der Waals surface area contributed by atoms with Crippen LogP contribution in [-0.2, 0) is 0 Å². The minimum Gasteiger partial charge on any atom is -0.313 e. The quantitative estimate of drug-likeness (QED) is 0.626. The Kier molecular flexibility index (Phi) is 2.90. The molecule has 2 heteroatoms. The van der Waals surface area contributed by atoms with Crippen molar-refractivity contribution in [2.45, 2.75) is 45.2 Å². The van der Waals surface area contributed by atoms with Gasteiger partial charge in [0.15, 0.2) is 0 Å². The van der Waals surface area contributed by atoms with Crippen molar-refractivity contribution in [3.63, 3.8) is 0 Å². The highest BCUT2D eigenvalue weighted by Crippen LogP contribution is 2.17. The molecule has 1 fully saturated rings. The molecule has 1 unspecified atom stereocenters. The molecule has 0 saturated carbocycles. The average Bonchev–Trinajstić information content (AvgIpc) is 2.04. The molecule has 0 aromatic carbocycles. The van der Waals surface area contributed by atoms with Crippen LogP contribution in [0.15, 0.2) is 0 Å². The largest absolute Gasteiger partial charge is 0.313 e. The lowest BCUT2D eigenvalue weighted by molar-refractivity contribution is 0.217. The minimum atomic E-state index is 0.373. The zero-order chi connectivity index (χ0) is 8.32. The van der Waals surface area contributed by atoms with Crippen molar-refractivity contribution >= 4 is 0 Å². The van der Waals surface area contributed by atoms with Crippen LogP contribution in [0.4, 0.5) is 0 Å². The fourth-order valence-corrected chi connectivity index (χ4v) is 1.86. The Labute approximate surface area is 69.8 Å². The van der Waals surface area contributed by atoms with Gasteiger partial charge >= 0.3 is 0 Å². The molecule has 0 radical (unpaired) electrons. The van der Waals surface area contributed by atoms with Crippen LogP contribution in [0, 0.1) is 0 Å². The van der Waals surface area contributed by atoms with E-state index in [1.807, 2.05) is 0 Å². The molecular weight excluding hydrogens is 136 g/mol. The first-order valence-electron chi connectivity index (χ1n) is 4.71. The van der Waals surface area contributed by atoms with Gasteiger partial charge in [-0.05, 0) is 19.8 Å². The Bertz CT molecular complexity index is 119. The van der Waals surface area contributed by atoms with Gasteiger partial charge in [0, 0.05) is 24.7 Å². The van der Waals surface area contributed by atoms with E-state index in [0.717, 1.165) is 13.1 Å². The first kappa shape index (κ1) is 9.01. The predicted molar refractivity (Wildman–Crippen MR) is 48.8 cm³/mol. The van der Waals surface area contributed by atoms with Gasteiger partial charge in [-0.3, -0.25) is 0 Å². The van der Waals surface area contributed by atoms with E-state index in [1.165, 1.54) is 12.8 Å². The maximum atomic E-state index is 3.67. The van der Waals surface area contributed by atoms with E-state index in [1.54, 1.807) is 0 Å². The Morgan fingerprint density at radius 2 is 2.00 bits per heavy atom. The van der Waals surface area contributed by atoms with Crippen LogP contribution < -0.4 is 10.6 Å². The van der Waals surface area contributed by atoms with E-state index in [-0.39, 0.29) is 0 Å². The van der Waals surface area contributed by atoms with Crippen molar-refractivity contribution in [3.05, 3.63) is 0 Å². The Morgan fingerprint density at radius 1 is 1.36 bits per heavy atom. The zero-order valence-electron chi connectivity index (χ0n) is 7.91. The molecule has 11 heavy (non-hydrogen) atoms. The third kappa shape index (κ3) is 1.94. The van der Waals surface area contributed by atoms with Crippen LogP contribution in [0.3, 0.4) is 0 Å². The van der Waals surface area contributed by atoms with Gasteiger partial charge in [0.2, 0.25) is 0 Å². The summed E-state index contributed by atoms with van der Waals surface area (Å²) in [6, 6.07) is 0.628. The fraction of sp³-hybridized carbons (Fsp3) is 1.00. The van der Waals surface area contributed by atoms with Crippen LogP contribution in [0.5, 0.6) is 0 Å². The van der Waals surface area contributed by atoms with Gasteiger partial charge in [0.05, 0.1) is 0 Å². The summed E-state index contributed by atoms with van der Waals surface area (Å²) in [5.74, 6) is 0. The third-order valence-electron chi connectivity index (χ3n) is 2.82. The van der Waals surface area contributed by atoms with E-state index in [2.05, 4.69) is 31.4 Å². The molecule has 0 bridgehead atoms.